The summed E-state index contributed by atoms with van der Waals surface area (Å²) in [6.45, 7) is 2.24. The fourth-order valence-corrected chi connectivity index (χ4v) is 3.25. The van der Waals surface area contributed by atoms with Crippen LogP contribution in [0.25, 0.3) is 10.9 Å². The molecule has 0 aliphatic rings. The van der Waals surface area contributed by atoms with Gasteiger partial charge in [0.25, 0.3) is 11.6 Å². The molecule has 2 aromatic carbocycles. The smallest absolute Gasteiger partial charge is 0.272 e. The number of hydrogen-bond donors (Lipinski definition) is 3. The molecule has 0 spiro atoms. The minimum atomic E-state index is -0.865. The largest absolute Gasteiger partial charge is 0.343 e. The van der Waals surface area contributed by atoms with E-state index in [4.69, 9.17) is 10.9 Å². The zero-order valence-electron chi connectivity index (χ0n) is 14.8. The highest BCUT2D eigenvalue weighted by atomic mass is 16.6. The molecule has 1 aromatic heterocycles. The first kappa shape index (κ1) is 18.6. The molecule has 0 fully saturated rings. The second-order valence-corrected chi connectivity index (χ2v) is 6.46. The average molecular weight is 368 g/mol. The number of nitrogens with one attached hydrogen (secondary N) is 1. The third-order valence-electron chi connectivity index (χ3n) is 4.57. The Balaban J connectivity index is 1.94. The van der Waals surface area contributed by atoms with Crippen molar-refractivity contribution in [2.75, 3.05) is 0 Å². The van der Waals surface area contributed by atoms with Gasteiger partial charge in [-0.2, -0.15) is 0 Å². The zero-order valence-corrected chi connectivity index (χ0v) is 14.8. The van der Waals surface area contributed by atoms with Gasteiger partial charge in [-0.05, 0) is 36.6 Å². The molecule has 0 radical (unpaired) electrons. The normalized spacial score (nSPS) is 12.1. The number of para-hydroxylation sites is 1. The third kappa shape index (κ3) is 3.81. The summed E-state index contributed by atoms with van der Waals surface area (Å²) in [4.78, 5) is 22.1. The van der Waals surface area contributed by atoms with E-state index in [2.05, 4.69) is 0 Å². The number of aryl methyl sites for hydroxylation is 1. The molecule has 8 nitrogen and oxygen atoms in total. The van der Waals surface area contributed by atoms with Gasteiger partial charge in [-0.15, -0.1) is 0 Å². The number of fused-ring (bicyclic) bond motifs is 1. The lowest BCUT2D eigenvalue weighted by Crippen LogP contribution is -2.40. The van der Waals surface area contributed by atoms with Crippen LogP contribution in [0.15, 0.2) is 48.7 Å². The first-order valence-electron chi connectivity index (χ1n) is 8.41. The van der Waals surface area contributed by atoms with E-state index >= 15 is 0 Å². The fraction of sp³-hybridized carbons (Fsp3) is 0.211. The van der Waals surface area contributed by atoms with Crippen LogP contribution >= 0.6 is 0 Å². The summed E-state index contributed by atoms with van der Waals surface area (Å²) in [5.74, 6) is -0.641. The average Bonchev–Trinajstić information content (AvgIpc) is 2.98. The maximum absolute atomic E-state index is 11.5. The van der Waals surface area contributed by atoms with Gasteiger partial charge in [0.05, 0.1) is 11.0 Å². The monoisotopic (exact) mass is 368 g/mol. The number of carbonyl (C=O) groups excluding carboxylic acids is 1. The van der Waals surface area contributed by atoms with Crippen molar-refractivity contribution in [1.82, 2.24) is 10.0 Å². The topological polar surface area (TPSA) is 123 Å². The van der Waals surface area contributed by atoms with Crippen molar-refractivity contribution in [3.8, 4) is 0 Å². The summed E-state index contributed by atoms with van der Waals surface area (Å²) in [5, 5.41) is 20.7. The summed E-state index contributed by atoms with van der Waals surface area (Å²) in [6, 6.07) is 11.9. The van der Waals surface area contributed by atoms with Gasteiger partial charge in [0.2, 0.25) is 0 Å². The molecule has 140 valence electrons. The zero-order chi connectivity index (χ0) is 19.6. The van der Waals surface area contributed by atoms with Gasteiger partial charge in [-0.25, -0.2) is 5.48 Å². The summed E-state index contributed by atoms with van der Waals surface area (Å²) >= 11 is 0. The van der Waals surface area contributed by atoms with E-state index in [1.54, 1.807) is 24.5 Å². The Hall–Kier alpha value is -3.23. The number of nitrogens with two attached hydrogens (primary N) is 1. The molecule has 1 heterocycles. The van der Waals surface area contributed by atoms with E-state index < -0.39 is 16.9 Å². The molecule has 1 unspecified atom stereocenters. The van der Waals surface area contributed by atoms with Crippen LogP contribution < -0.4 is 11.2 Å². The van der Waals surface area contributed by atoms with E-state index in [-0.39, 0.29) is 12.1 Å². The summed E-state index contributed by atoms with van der Waals surface area (Å²) in [5.41, 5.74) is 10.9. The lowest BCUT2D eigenvalue weighted by atomic mass is 10.1. The number of nitrogens with zero attached hydrogens (tertiary/aromatic N) is 2. The molecule has 0 saturated carbocycles. The van der Waals surface area contributed by atoms with E-state index in [0.29, 0.717) is 12.1 Å². The van der Waals surface area contributed by atoms with E-state index in [1.165, 1.54) is 6.07 Å². The molecular weight excluding hydrogens is 348 g/mol. The van der Waals surface area contributed by atoms with Gasteiger partial charge in [0.1, 0.15) is 0 Å². The lowest BCUT2D eigenvalue weighted by molar-refractivity contribution is -0.385. The fourth-order valence-electron chi connectivity index (χ4n) is 3.25. The summed E-state index contributed by atoms with van der Waals surface area (Å²) in [7, 11) is 0. The van der Waals surface area contributed by atoms with Crippen molar-refractivity contribution in [3.05, 3.63) is 75.5 Å². The Labute approximate surface area is 155 Å². The molecule has 27 heavy (non-hydrogen) atoms. The highest BCUT2D eigenvalue weighted by molar-refractivity contribution is 5.86. The minimum absolute atomic E-state index is 0.0952. The number of carbonyl (C=O) groups is 1. The molecule has 0 bridgehead atoms. The van der Waals surface area contributed by atoms with Crippen molar-refractivity contribution >= 4 is 22.5 Å². The molecule has 3 aromatic rings. The van der Waals surface area contributed by atoms with Crippen LogP contribution in [0.3, 0.4) is 0 Å². The van der Waals surface area contributed by atoms with Crippen molar-refractivity contribution < 1.29 is 14.9 Å². The van der Waals surface area contributed by atoms with Crippen LogP contribution in [-0.4, -0.2) is 26.6 Å². The highest BCUT2D eigenvalue weighted by Gasteiger charge is 2.17. The SMILES string of the molecule is Cc1cc(Cn2cc(CC(N)C(=O)NO)c3ccccc32)ccc1[N+](=O)[O-]. The van der Waals surface area contributed by atoms with Crippen LogP contribution in [0.1, 0.15) is 16.7 Å². The standard InChI is InChI=1S/C19H20N4O4/c1-12-8-13(6-7-17(12)23(26)27)10-22-11-14(9-16(20)19(24)21-25)15-4-2-3-5-18(15)22/h2-8,11,16,25H,9-10,20H2,1H3,(H,21,24). The molecule has 0 saturated heterocycles. The predicted molar refractivity (Wildman–Crippen MR) is 100 cm³/mol. The van der Waals surface area contributed by atoms with Crippen molar-refractivity contribution in [3.63, 3.8) is 0 Å². The maximum atomic E-state index is 11.5. The Morgan fingerprint density at radius 1 is 1.33 bits per heavy atom. The number of aromatic nitrogens is 1. The van der Waals surface area contributed by atoms with E-state index in [1.807, 2.05) is 35.0 Å². The molecule has 0 aliphatic heterocycles. The maximum Gasteiger partial charge on any atom is 0.272 e. The Morgan fingerprint density at radius 3 is 2.74 bits per heavy atom. The number of rotatable bonds is 6. The number of nitro groups is 1. The first-order chi connectivity index (χ1) is 12.9. The highest BCUT2D eigenvalue weighted by Crippen LogP contribution is 2.25. The van der Waals surface area contributed by atoms with Crippen LogP contribution in [0.2, 0.25) is 0 Å². The molecule has 0 aliphatic carbocycles. The minimum Gasteiger partial charge on any atom is -0.343 e. The Morgan fingerprint density at radius 2 is 2.07 bits per heavy atom. The van der Waals surface area contributed by atoms with Crippen molar-refractivity contribution in [2.24, 2.45) is 5.73 Å². The summed E-state index contributed by atoms with van der Waals surface area (Å²) < 4.78 is 2.02. The number of amides is 1. The third-order valence-corrected chi connectivity index (χ3v) is 4.57. The van der Waals surface area contributed by atoms with Gasteiger partial charge in [0, 0.05) is 35.3 Å². The van der Waals surface area contributed by atoms with Crippen LogP contribution in [0.4, 0.5) is 5.69 Å². The van der Waals surface area contributed by atoms with Crippen LogP contribution in [0.5, 0.6) is 0 Å². The van der Waals surface area contributed by atoms with Gasteiger partial charge < -0.3 is 10.3 Å². The lowest BCUT2D eigenvalue weighted by Gasteiger charge is -2.08. The van der Waals surface area contributed by atoms with Crippen molar-refractivity contribution in [1.29, 1.82) is 0 Å². The van der Waals surface area contributed by atoms with Gasteiger partial charge in [0.15, 0.2) is 0 Å². The molecule has 8 heteroatoms. The molecular formula is C19H20N4O4. The summed E-state index contributed by atoms with van der Waals surface area (Å²) in [6.07, 6.45) is 2.20. The number of hydroxylamine groups is 1. The van der Waals surface area contributed by atoms with Gasteiger partial charge in [-0.1, -0.05) is 24.3 Å². The number of benzene rings is 2. The van der Waals surface area contributed by atoms with Crippen molar-refractivity contribution in [2.45, 2.75) is 25.9 Å². The Bertz CT molecular complexity index is 1010. The number of hydrogen-bond acceptors (Lipinski definition) is 5. The predicted octanol–water partition coefficient (Wildman–Crippen LogP) is 2.28. The second-order valence-electron chi connectivity index (χ2n) is 6.46. The molecule has 1 atom stereocenters. The molecule has 3 rings (SSSR count). The quantitative estimate of drug-likeness (QED) is 0.350. The Kier molecular flexibility index (Phi) is 5.20. The van der Waals surface area contributed by atoms with E-state index in [9.17, 15) is 14.9 Å². The van der Waals surface area contributed by atoms with Crippen LogP contribution in [0, 0.1) is 17.0 Å². The van der Waals surface area contributed by atoms with E-state index in [0.717, 1.165) is 22.0 Å². The second kappa shape index (κ2) is 7.56. The van der Waals surface area contributed by atoms with Crippen LogP contribution in [-0.2, 0) is 17.8 Å². The molecule has 1 amide bonds. The van der Waals surface area contributed by atoms with Gasteiger partial charge >= 0.3 is 0 Å². The van der Waals surface area contributed by atoms with Gasteiger partial charge in [-0.3, -0.25) is 20.1 Å². The number of nitro benzene ring substituents is 1. The molecule has 4 N–H and O–H groups in total. The first-order valence-corrected chi connectivity index (χ1v) is 8.41.